The van der Waals surface area contributed by atoms with Crippen LogP contribution in [-0.4, -0.2) is 17.5 Å². The number of carbonyl (C=O) groups excluding carboxylic acids is 1. The van der Waals surface area contributed by atoms with E-state index in [0.717, 1.165) is 37.6 Å². The van der Waals surface area contributed by atoms with Gasteiger partial charge in [0.15, 0.2) is 5.13 Å². The number of amides is 1. The Morgan fingerprint density at radius 2 is 1.97 bits per heavy atom. The average molecular weight is 514 g/mol. The van der Waals surface area contributed by atoms with Crippen LogP contribution in [0.2, 0.25) is 10.0 Å². The number of carbonyl (C=O) groups is 1. The van der Waals surface area contributed by atoms with Crippen LogP contribution in [0.25, 0.3) is 11.3 Å². The second-order valence-corrected chi connectivity index (χ2v) is 8.96. The van der Waals surface area contributed by atoms with Crippen molar-refractivity contribution < 1.29 is 9.53 Å². The molecule has 0 aliphatic heterocycles. The van der Waals surface area contributed by atoms with Gasteiger partial charge in [0.2, 0.25) is 5.91 Å². The molecule has 0 unspecified atom stereocenters. The topological polar surface area (TPSA) is 51.2 Å². The third-order valence-electron chi connectivity index (χ3n) is 4.26. The lowest BCUT2D eigenvalue weighted by Gasteiger charge is -2.13. The van der Waals surface area contributed by atoms with Gasteiger partial charge in [-0.1, -0.05) is 35.3 Å². The maximum Gasteiger partial charge on any atom is 0.226 e. The van der Waals surface area contributed by atoms with E-state index in [2.05, 4.69) is 26.2 Å². The number of benzene rings is 2. The van der Waals surface area contributed by atoms with Gasteiger partial charge in [-0.15, -0.1) is 11.3 Å². The lowest BCUT2D eigenvalue weighted by molar-refractivity contribution is -0.116. The predicted octanol–water partition coefficient (Wildman–Crippen LogP) is 7.29. The lowest BCUT2D eigenvalue weighted by atomic mass is 10.1. The second-order valence-electron chi connectivity index (χ2n) is 6.49. The standard InChI is InChI=1S/C21H19BrCl2N2O2S/c1-12-10-17(19(22)13(2)20(12)24)28-9-3-4-18(27)26-21-25-16(11-29-21)14-5-7-15(23)8-6-14/h5-8,10-11H,3-4,9H2,1-2H3,(H,25,26,27). The summed E-state index contributed by atoms with van der Waals surface area (Å²) in [5, 5.41) is 6.73. The third-order valence-corrected chi connectivity index (χ3v) is 6.84. The van der Waals surface area contributed by atoms with E-state index in [-0.39, 0.29) is 5.91 Å². The van der Waals surface area contributed by atoms with Gasteiger partial charge in [0.1, 0.15) is 5.75 Å². The molecule has 0 aliphatic rings. The number of nitrogens with one attached hydrogen (secondary N) is 1. The molecule has 0 bridgehead atoms. The van der Waals surface area contributed by atoms with Crippen molar-refractivity contribution in [2.75, 3.05) is 11.9 Å². The Balaban J connectivity index is 1.48. The van der Waals surface area contributed by atoms with Crippen LogP contribution in [0, 0.1) is 13.8 Å². The van der Waals surface area contributed by atoms with Crippen LogP contribution >= 0.6 is 50.5 Å². The highest BCUT2D eigenvalue weighted by Crippen LogP contribution is 2.35. The van der Waals surface area contributed by atoms with E-state index >= 15 is 0 Å². The molecule has 0 fully saturated rings. The SMILES string of the molecule is Cc1cc(OCCCC(=O)Nc2nc(-c3ccc(Cl)cc3)cs2)c(Br)c(C)c1Cl. The molecule has 3 aromatic rings. The van der Waals surface area contributed by atoms with Gasteiger partial charge in [0.05, 0.1) is 16.8 Å². The van der Waals surface area contributed by atoms with Crippen molar-refractivity contribution in [3.05, 3.63) is 61.4 Å². The molecule has 3 rings (SSSR count). The Hall–Kier alpha value is -1.60. The fourth-order valence-electron chi connectivity index (χ4n) is 2.69. The van der Waals surface area contributed by atoms with Gasteiger partial charge in [0.25, 0.3) is 0 Å². The van der Waals surface area contributed by atoms with Crippen LogP contribution in [0.3, 0.4) is 0 Å². The summed E-state index contributed by atoms with van der Waals surface area (Å²) < 4.78 is 6.66. The number of anilines is 1. The van der Waals surface area contributed by atoms with Gasteiger partial charge in [-0.3, -0.25) is 4.79 Å². The summed E-state index contributed by atoms with van der Waals surface area (Å²) in [5.41, 5.74) is 3.67. The fraction of sp³-hybridized carbons (Fsp3) is 0.238. The summed E-state index contributed by atoms with van der Waals surface area (Å²) in [4.78, 5) is 16.6. The summed E-state index contributed by atoms with van der Waals surface area (Å²) >= 11 is 17.0. The van der Waals surface area contributed by atoms with E-state index in [4.69, 9.17) is 27.9 Å². The molecule has 2 aromatic carbocycles. The summed E-state index contributed by atoms with van der Waals surface area (Å²) in [6.45, 7) is 4.31. The predicted molar refractivity (Wildman–Crippen MR) is 125 cm³/mol. The Morgan fingerprint density at radius 1 is 1.24 bits per heavy atom. The highest BCUT2D eigenvalue weighted by molar-refractivity contribution is 9.10. The first kappa shape index (κ1) is 22.1. The van der Waals surface area contributed by atoms with E-state index in [1.54, 1.807) is 0 Å². The highest BCUT2D eigenvalue weighted by atomic mass is 79.9. The van der Waals surface area contributed by atoms with Crippen molar-refractivity contribution in [1.29, 1.82) is 0 Å². The van der Waals surface area contributed by atoms with Gasteiger partial charge in [0, 0.05) is 27.4 Å². The highest BCUT2D eigenvalue weighted by Gasteiger charge is 2.12. The molecule has 0 saturated heterocycles. The molecule has 152 valence electrons. The quantitative estimate of drug-likeness (QED) is 0.337. The molecule has 1 amide bonds. The van der Waals surface area contributed by atoms with Crippen molar-refractivity contribution >= 4 is 61.5 Å². The van der Waals surface area contributed by atoms with Gasteiger partial charge >= 0.3 is 0 Å². The largest absolute Gasteiger partial charge is 0.492 e. The Bertz CT molecular complexity index is 1020. The number of hydrogen-bond donors (Lipinski definition) is 1. The van der Waals surface area contributed by atoms with Crippen molar-refractivity contribution in [3.63, 3.8) is 0 Å². The van der Waals surface area contributed by atoms with Crippen molar-refractivity contribution in [3.8, 4) is 17.0 Å². The van der Waals surface area contributed by atoms with Gasteiger partial charge in [-0.05, 0) is 65.5 Å². The van der Waals surface area contributed by atoms with E-state index in [0.29, 0.717) is 29.6 Å². The summed E-state index contributed by atoms with van der Waals surface area (Å²) in [5.74, 6) is 0.644. The van der Waals surface area contributed by atoms with Crippen LogP contribution < -0.4 is 10.1 Å². The molecular weight excluding hydrogens is 495 g/mol. The first-order valence-electron chi connectivity index (χ1n) is 8.94. The molecule has 0 atom stereocenters. The zero-order valence-electron chi connectivity index (χ0n) is 15.9. The van der Waals surface area contributed by atoms with Crippen LogP contribution in [-0.2, 0) is 4.79 Å². The van der Waals surface area contributed by atoms with Crippen molar-refractivity contribution in [1.82, 2.24) is 4.98 Å². The van der Waals surface area contributed by atoms with E-state index in [1.165, 1.54) is 11.3 Å². The maximum absolute atomic E-state index is 12.2. The molecule has 0 radical (unpaired) electrons. The minimum absolute atomic E-state index is 0.0897. The minimum Gasteiger partial charge on any atom is -0.492 e. The van der Waals surface area contributed by atoms with Crippen LogP contribution in [0.5, 0.6) is 5.75 Å². The molecule has 29 heavy (non-hydrogen) atoms. The van der Waals surface area contributed by atoms with Crippen molar-refractivity contribution in [2.24, 2.45) is 0 Å². The summed E-state index contributed by atoms with van der Waals surface area (Å²) in [7, 11) is 0. The van der Waals surface area contributed by atoms with Crippen LogP contribution in [0.4, 0.5) is 5.13 Å². The fourth-order valence-corrected chi connectivity index (χ4v) is 4.24. The van der Waals surface area contributed by atoms with Crippen molar-refractivity contribution in [2.45, 2.75) is 26.7 Å². The maximum atomic E-state index is 12.2. The van der Waals surface area contributed by atoms with E-state index in [9.17, 15) is 4.79 Å². The van der Waals surface area contributed by atoms with Crippen LogP contribution in [0.15, 0.2) is 40.2 Å². The zero-order valence-corrected chi connectivity index (χ0v) is 19.8. The molecule has 0 spiro atoms. The van der Waals surface area contributed by atoms with Crippen LogP contribution in [0.1, 0.15) is 24.0 Å². The number of hydrogen-bond acceptors (Lipinski definition) is 4. The molecule has 0 aliphatic carbocycles. The third kappa shape index (κ3) is 5.72. The zero-order chi connectivity index (χ0) is 21.0. The number of nitrogens with zero attached hydrogens (tertiary/aromatic N) is 1. The second kappa shape index (κ2) is 9.94. The molecule has 1 aromatic heterocycles. The Morgan fingerprint density at radius 3 is 2.69 bits per heavy atom. The number of thiazole rings is 1. The first-order chi connectivity index (χ1) is 13.8. The van der Waals surface area contributed by atoms with E-state index in [1.807, 2.05) is 49.6 Å². The number of aryl methyl sites for hydroxylation is 1. The average Bonchev–Trinajstić information content (AvgIpc) is 3.16. The summed E-state index contributed by atoms with van der Waals surface area (Å²) in [6, 6.07) is 9.33. The normalized spacial score (nSPS) is 10.8. The minimum atomic E-state index is -0.0897. The lowest BCUT2D eigenvalue weighted by Crippen LogP contribution is -2.12. The van der Waals surface area contributed by atoms with Gasteiger partial charge in [-0.25, -0.2) is 4.98 Å². The Labute approximate surface area is 192 Å². The summed E-state index contributed by atoms with van der Waals surface area (Å²) in [6.07, 6.45) is 0.938. The van der Waals surface area contributed by atoms with Gasteiger partial charge < -0.3 is 10.1 Å². The number of aromatic nitrogens is 1. The first-order valence-corrected chi connectivity index (χ1v) is 11.4. The van der Waals surface area contributed by atoms with E-state index < -0.39 is 0 Å². The number of halogens is 3. The molecule has 8 heteroatoms. The number of rotatable bonds is 7. The molecule has 1 N–H and O–H groups in total. The number of ether oxygens (including phenoxy) is 1. The molecule has 1 heterocycles. The van der Waals surface area contributed by atoms with Gasteiger partial charge in [-0.2, -0.15) is 0 Å². The monoisotopic (exact) mass is 512 g/mol. The molecule has 4 nitrogen and oxygen atoms in total. The smallest absolute Gasteiger partial charge is 0.226 e. The molecule has 0 saturated carbocycles. The Kier molecular flexibility index (Phi) is 7.57. The molecular formula is C21H19BrCl2N2O2S.